The molecule has 1 aromatic carbocycles. The van der Waals surface area contributed by atoms with Gasteiger partial charge in [0.25, 0.3) is 0 Å². The van der Waals surface area contributed by atoms with Crippen molar-refractivity contribution in [3.8, 4) is 0 Å². The standard InChI is InChI=1S/C16H19FN4O3S/c17-11-3-5-12(6-4-11)18-8-14-19-20-16(25-10-15(22)23)21(14)9-13-2-1-7-24-13/h3-6,13,18H,1-2,7-10H2,(H,22,23). The normalized spacial score (nSPS) is 16.9. The second-order valence-electron chi connectivity index (χ2n) is 5.69. The van der Waals surface area contributed by atoms with Crippen LogP contribution in [-0.4, -0.2) is 44.3 Å². The van der Waals surface area contributed by atoms with Gasteiger partial charge in [-0.2, -0.15) is 0 Å². The van der Waals surface area contributed by atoms with Gasteiger partial charge in [-0.25, -0.2) is 4.39 Å². The summed E-state index contributed by atoms with van der Waals surface area (Å²) < 4.78 is 20.6. The third-order valence-electron chi connectivity index (χ3n) is 3.82. The molecule has 25 heavy (non-hydrogen) atoms. The molecule has 0 radical (unpaired) electrons. The van der Waals surface area contributed by atoms with Crippen molar-refractivity contribution in [3.05, 3.63) is 35.9 Å². The number of hydrogen-bond donors (Lipinski definition) is 2. The molecule has 1 fully saturated rings. The highest BCUT2D eigenvalue weighted by Crippen LogP contribution is 2.22. The van der Waals surface area contributed by atoms with Crippen molar-refractivity contribution in [3.63, 3.8) is 0 Å². The lowest BCUT2D eigenvalue weighted by Gasteiger charge is -2.15. The second kappa shape index (κ2) is 8.30. The number of carboxylic acids is 1. The van der Waals surface area contributed by atoms with Crippen LogP contribution in [0.5, 0.6) is 0 Å². The molecule has 0 aliphatic carbocycles. The van der Waals surface area contributed by atoms with E-state index in [2.05, 4.69) is 15.5 Å². The Balaban J connectivity index is 1.71. The fourth-order valence-electron chi connectivity index (χ4n) is 2.61. The molecule has 0 saturated carbocycles. The third kappa shape index (κ3) is 4.93. The molecule has 1 aliphatic heterocycles. The number of carbonyl (C=O) groups is 1. The Morgan fingerprint density at radius 2 is 2.20 bits per heavy atom. The van der Waals surface area contributed by atoms with Gasteiger partial charge in [0, 0.05) is 12.3 Å². The number of nitrogens with one attached hydrogen (secondary N) is 1. The van der Waals surface area contributed by atoms with Gasteiger partial charge >= 0.3 is 5.97 Å². The van der Waals surface area contributed by atoms with Crippen LogP contribution in [0.25, 0.3) is 0 Å². The number of rotatable bonds is 8. The predicted octanol–water partition coefficient (Wildman–Crippen LogP) is 2.39. The van der Waals surface area contributed by atoms with Crippen molar-refractivity contribution >= 4 is 23.4 Å². The maximum absolute atomic E-state index is 13.0. The summed E-state index contributed by atoms with van der Waals surface area (Å²) in [6.07, 6.45) is 2.07. The molecule has 0 bridgehead atoms. The molecule has 1 unspecified atom stereocenters. The largest absolute Gasteiger partial charge is 0.481 e. The molecular formula is C16H19FN4O3S. The molecule has 2 heterocycles. The predicted molar refractivity (Wildman–Crippen MR) is 91.1 cm³/mol. The molecule has 134 valence electrons. The fourth-order valence-corrected chi connectivity index (χ4v) is 3.29. The Kier molecular flexibility index (Phi) is 5.87. The number of anilines is 1. The molecule has 1 aromatic heterocycles. The number of nitrogens with zero attached hydrogens (tertiary/aromatic N) is 3. The fraction of sp³-hybridized carbons (Fsp3) is 0.438. The molecular weight excluding hydrogens is 347 g/mol. The van der Waals surface area contributed by atoms with Crippen LogP contribution >= 0.6 is 11.8 Å². The minimum atomic E-state index is -0.900. The Morgan fingerprint density at radius 1 is 1.40 bits per heavy atom. The highest BCUT2D eigenvalue weighted by atomic mass is 32.2. The second-order valence-corrected chi connectivity index (χ2v) is 6.63. The summed E-state index contributed by atoms with van der Waals surface area (Å²) in [5.74, 6) is -0.579. The van der Waals surface area contributed by atoms with Crippen LogP contribution in [0.4, 0.5) is 10.1 Å². The van der Waals surface area contributed by atoms with E-state index in [1.54, 1.807) is 12.1 Å². The average Bonchev–Trinajstić information content (AvgIpc) is 3.23. The highest BCUT2D eigenvalue weighted by molar-refractivity contribution is 7.99. The third-order valence-corrected chi connectivity index (χ3v) is 4.77. The molecule has 9 heteroatoms. The Labute approximate surface area is 148 Å². The van der Waals surface area contributed by atoms with E-state index in [1.165, 1.54) is 12.1 Å². The smallest absolute Gasteiger partial charge is 0.313 e. The molecule has 1 atom stereocenters. The van der Waals surface area contributed by atoms with Gasteiger partial charge < -0.3 is 19.7 Å². The van der Waals surface area contributed by atoms with E-state index >= 15 is 0 Å². The number of benzene rings is 1. The van der Waals surface area contributed by atoms with Crippen molar-refractivity contribution in [2.24, 2.45) is 0 Å². The molecule has 0 spiro atoms. The van der Waals surface area contributed by atoms with Gasteiger partial charge in [0.1, 0.15) is 5.82 Å². The minimum absolute atomic E-state index is 0.0744. The topological polar surface area (TPSA) is 89.3 Å². The zero-order valence-corrected chi connectivity index (χ0v) is 14.3. The lowest BCUT2D eigenvalue weighted by atomic mass is 10.2. The zero-order chi connectivity index (χ0) is 17.6. The first-order valence-electron chi connectivity index (χ1n) is 7.99. The molecule has 2 N–H and O–H groups in total. The number of thioether (sulfide) groups is 1. The van der Waals surface area contributed by atoms with E-state index < -0.39 is 5.97 Å². The molecule has 2 aromatic rings. The van der Waals surface area contributed by atoms with Crippen LogP contribution in [-0.2, 0) is 22.6 Å². The number of ether oxygens (including phenoxy) is 1. The lowest BCUT2D eigenvalue weighted by molar-refractivity contribution is -0.133. The summed E-state index contributed by atoms with van der Waals surface area (Å²) >= 11 is 1.14. The van der Waals surface area contributed by atoms with Gasteiger partial charge in [-0.05, 0) is 37.1 Å². The molecule has 0 amide bonds. The van der Waals surface area contributed by atoms with Crippen LogP contribution < -0.4 is 5.32 Å². The van der Waals surface area contributed by atoms with Crippen LogP contribution in [0.3, 0.4) is 0 Å². The van der Waals surface area contributed by atoms with Gasteiger partial charge in [-0.15, -0.1) is 10.2 Å². The zero-order valence-electron chi connectivity index (χ0n) is 13.5. The van der Waals surface area contributed by atoms with Gasteiger partial charge in [0.15, 0.2) is 11.0 Å². The van der Waals surface area contributed by atoms with Gasteiger partial charge in [0.2, 0.25) is 0 Å². The maximum Gasteiger partial charge on any atom is 0.313 e. The number of aromatic nitrogens is 3. The summed E-state index contributed by atoms with van der Waals surface area (Å²) in [5, 5.41) is 20.9. The van der Waals surface area contributed by atoms with Crippen LogP contribution in [0, 0.1) is 5.82 Å². The number of hydrogen-bond acceptors (Lipinski definition) is 6. The Hall–Kier alpha value is -2.13. The van der Waals surface area contributed by atoms with Crippen molar-refractivity contribution in [2.45, 2.75) is 37.2 Å². The summed E-state index contributed by atoms with van der Waals surface area (Å²) in [6, 6.07) is 6.06. The molecule has 3 rings (SSSR count). The summed E-state index contributed by atoms with van der Waals surface area (Å²) in [4.78, 5) is 10.8. The highest BCUT2D eigenvalue weighted by Gasteiger charge is 2.21. The lowest BCUT2D eigenvalue weighted by Crippen LogP contribution is -2.19. The van der Waals surface area contributed by atoms with Crippen molar-refractivity contribution < 1.29 is 19.0 Å². The van der Waals surface area contributed by atoms with E-state index in [0.29, 0.717) is 24.1 Å². The van der Waals surface area contributed by atoms with E-state index in [1.807, 2.05) is 4.57 Å². The number of carboxylic acid groups (broad SMARTS) is 1. The SMILES string of the molecule is O=C(O)CSc1nnc(CNc2ccc(F)cc2)n1CC1CCCO1. The summed E-state index contributed by atoms with van der Waals surface area (Å²) in [6.45, 7) is 1.74. The number of halogens is 1. The van der Waals surface area contributed by atoms with E-state index in [4.69, 9.17) is 9.84 Å². The first-order chi connectivity index (χ1) is 12.1. The van der Waals surface area contributed by atoms with Gasteiger partial charge in [-0.1, -0.05) is 11.8 Å². The minimum Gasteiger partial charge on any atom is -0.481 e. The first kappa shape index (κ1) is 17.7. The van der Waals surface area contributed by atoms with Gasteiger partial charge in [-0.3, -0.25) is 4.79 Å². The van der Waals surface area contributed by atoms with Crippen molar-refractivity contribution in [1.82, 2.24) is 14.8 Å². The van der Waals surface area contributed by atoms with Crippen molar-refractivity contribution in [1.29, 1.82) is 0 Å². The van der Waals surface area contributed by atoms with E-state index in [-0.39, 0.29) is 17.7 Å². The Morgan fingerprint density at radius 3 is 2.88 bits per heavy atom. The quantitative estimate of drug-likeness (QED) is 0.693. The number of aliphatic carboxylic acids is 1. The van der Waals surface area contributed by atoms with Crippen LogP contribution in [0.15, 0.2) is 29.4 Å². The maximum atomic E-state index is 13.0. The average molecular weight is 366 g/mol. The van der Waals surface area contributed by atoms with E-state index in [0.717, 1.165) is 36.9 Å². The van der Waals surface area contributed by atoms with E-state index in [9.17, 15) is 9.18 Å². The first-order valence-corrected chi connectivity index (χ1v) is 8.98. The summed E-state index contributed by atoms with van der Waals surface area (Å²) in [5.41, 5.74) is 0.771. The Bertz CT molecular complexity index is 717. The van der Waals surface area contributed by atoms with Crippen LogP contribution in [0.2, 0.25) is 0 Å². The summed E-state index contributed by atoms with van der Waals surface area (Å²) in [7, 11) is 0. The molecule has 1 saturated heterocycles. The molecule has 7 nitrogen and oxygen atoms in total. The van der Waals surface area contributed by atoms with Crippen molar-refractivity contribution in [2.75, 3.05) is 17.7 Å². The van der Waals surface area contributed by atoms with Gasteiger partial charge in [0.05, 0.1) is 24.9 Å². The molecule has 1 aliphatic rings. The monoisotopic (exact) mass is 366 g/mol. The van der Waals surface area contributed by atoms with Crippen LogP contribution in [0.1, 0.15) is 18.7 Å².